The molecule has 0 N–H and O–H groups in total. The summed E-state index contributed by atoms with van der Waals surface area (Å²) in [5, 5.41) is 11.6. The Balaban J connectivity index is 2.11. The van der Waals surface area contributed by atoms with Gasteiger partial charge in [-0.05, 0) is 31.1 Å². The van der Waals surface area contributed by atoms with Crippen molar-refractivity contribution in [1.82, 2.24) is 4.90 Å². The Labute approximate surface area is 159 Å². The molecule has 144 valence electrons. The molecule has 1 fully saturated rings. The Hall–Kier alpha value is -1.57. The number of nitrogens with zero attached hydrogens (tertiary/aromatic N) is 2. The summed E-state index contributed by atoms with van der Waals surface area (Å²) in [5.41, 5.74) is 1.17. The Morgan fingerprint density at radius 3 is 2.85 bits per heavy atom. The van der Waals surface area contributed by atoms with Crippen molar-refractivity contribution in [1.29, 1.82) is 0 Å². The molecule has 1 aliphatic rings. The fourth-order valence-electron chi connectivity index (χ4n) is 3.37. The number of hydrogen-bond acceptors (Lipinski definition) is 6. The van der Waals surface area contributed by atoms with E-state index in [4.69, 9.17) is 9.47 Å². The Kier molecular flexibility index (Phi) is 8.94. The van der Waals surface area contributed by atoms with Gasteiger partial charge in [0.1, 0.15) is 5.03 Å². The zero-order chi connectivity index (χ0) is 18.8. The third-order valence-corrected chi connectivity index (χ3v) is 5.32. The van der Waals surface area contributed by atoms with Gasteiger partial charge in [-0.3, -0.25) is 10.1 Å². The van der Waals surface area contributed by atoms with Crippen molar-refractivity contribution in [3.05, 3.63) is 57.2 Å². The molecule has 1 aromatic carbocycles. The zero-order valence-electron chi connectivity index (χ0n) is 15.5. The summed E-state index contributed by atoms with van der Waals surface area (Å²) < 4.78 is 11.4. The second-order valence-electron chi connectivity index (χ2n) is 6.35. The number of piperidine rings is 1. The molecule has 2 unspecified atom stereocenters. The highest BCUT2D eigenvalue weighted by Crippen LogP contribution is 2.35. The monoisotopic (exact) mass is 380 g/mol. The van der Waals surface area contributed by atoms with Crippen LogP contribution in [0.2, 0.25) is 0 Å². The molecule has 1 aliphatic heterocycles. The Morgan fingerprint density at radius 2 is 2.19 bits per heavy atom. The Bertz CT molecular complexity index is 582. The molecule has 1 saturated heterocycles. The van der Waals surface area contributed by atoms with Crippen LogP contribution in [0.4, 0.5) is 0 Å². The molecule has 7 heteroatoms. The fraction of sp³-hybridized carbons (Fsp3) is 0.579. The van der Waals surface area contributed by atoms with E-state index in [9.17, 15) is 10.1 Å². The van der Waals surface area contributed by atoms with Crippen LogP contribution < -0.4 is 0 Å². The van der Waals surface area contributed by atoms with Gasteiger partial charge in [-0.25, -0.2) is 0 Å². The number of hydrogen-bond donors (Lipinski definition) is 0. The van der Waals surface area contributed by atoms with Crippen LogP contribution in [0.25, 0.3) is 0 Å². The molecule has 0 amide bonds. The highest BCUT2D eigenvalue weighted by molar-refractivity contribution is 8.02. The molecule has 6 nitrogen and oxygen atoms in total. The normalized spacial score (nSPS) is 19.4. The highest BCUT2D eigenvalue weighted by Gasteiger charge is 2.30. The van der Waals surface area contributed by atoms with Gasteiger partial charge >= 0.3 is 0 Å². The van der Waals surface area contributed by atoms with E-state index in [-0.39, 0.29) is 11.0 Å². The van der Waals surface area contributed by atoms with Crippen molar-refractivity contribution in [2.75, 3.05) is 39.7 Å². The predicted octanol–water partition coefficient (Wildman–Crippen LogP) is 3.93. The van der Waals surface area contributed by atoms with Crippen LogP contribution in [0.3, 0.4) is 0 Å². The third kappa shape index (κ3) is 6.30. The third-order valence-electron chi connectivity index (χ3n) is 4.54. The number of nitro groups is 1. The average molecular weight is 381 g/mol. The first kappa shape index (κ1) is 20.7. The summed E-state index contributed by atoms with van der Waals surface area (Å²) in [6.45, 7) is 2.94. The van der Waals surface area contributed by atoms with Gasteiger partial charge in [0.05, 0.1) is 11.0 Å². The number of thioether (sulfide) groups is 1. The first-order valence-corrected chi connectivity index (χ1v) is 10.2. The topological polar surface area (TPSA) is 64.8 Å². The Morgan fingerprint density at radius 1 is 1.42 bits per heavy atom. The molecule has 1 aromatic rings. The summed E-state index contributed by atoms with van der Waals surface area (Å²) in [5.74, 6) is 0.302. The molecular formula is C19H28N2O4S. The summed E-state index contributed by atoms with van der Waals surface area (Å²) in [7, 11) is 1.69. The molecule has 2 atom stereocenters. The van der Waals surface area contributed by atoms with E-state index >= 15 is 0 Å². The summed E-state index contributed by atoms with van der Waals surface area (Å²) in [6, 6.07) is 10.3. The lowest BCUT2D eigenvalue weighted by Crippen LogP contribution is -2.37. The second kappa shape index (κ2) is 11.2. The van der Waals surface area contributed by atoms with Crippen LogP contribution in [0, 0.1) is 16.0 Å². The van der Waals surface area contributed by atoms with Crippen molar-refractivity contribution in [3.8, 4) is 0 Å². The van der Waals surface area contributed by atoms with E-state index in [0.717, 1.165) is 38.6 Å². The molecule has 0 aromatic heterocycles. The SMILES string of the molecule is COCCCOC(c1ccccc1)C1CCCN(C(=C[N+](=O)[O-])SC)C1. The van der Waals surface area contributed by atoms with Crippen LogP contribution in [0.1, 0.15) is 30.9 Å². The van der Waals surface area contributed by atoms with Crippen LogP contribution in [0.5, 0.6) is 0 Å². The maximum absolute atomic E-state index is 10.9. The first-order chi connectivity index (χ1) is 12.7. The van der Waals surface area contributed by atoms with Crippen molar-refractivity contribution in [2.45, 2.75) is 25.4 Å². The quantitative estimate of drug-likeness (QED) is 0.348. The standard InChI is InChI=1S/C19H28N2O4S/c1-24-12-7-13-25-19(16-8-4-3-5-9-16)17-10-6-11-20(14-17)18(26-2)15-21(22)23/h3-5,8-9,15,17,19H,6-7,10-14H2,1-2H3. The lowest BCUT2D eigenvalue weighted by atomic mass is 9.88. The predicted molar refractivity (Wildman–Crippen MR) is 105 cm³/mol. The van der Waals surface area contributed by atoms with Crippen molar-refractivity contribution in [2.24, 2.45) is 5.92 Å². The summed E-state index contributed by atoms with van der Waals surface area (Å²) in [6.07, 6.45) is 5.91. The highest BCUT2D eigenvalue weighted by atomic mass is 32.2. The fourth-order valence-corrected chi connectivity index (χ4v) is 3.99. The van der Waals surface area contributed by atoms with E-state index in [1.807, 2.05) is 24.5 Å². The van der Waals surface area contributed by atoms with Crippen molar-refractivity contribution < 1.29 is 14.4 Å². The second-order valence-corrected chi connectivity index (χ2v) is 7.18. The number of rotatable bonds is 10. The van der Waals surface area contributed by atoms with Crippen LogP contribution in [0.15, 0.2) is 41.6 Å². The van der Waals surface area contributed by atoms with Gasteiger partial charge in [-0.1, -0.05) is 30.3 Å². The number of ether oxygens (including phenoxy) is 2. The van der Waals surface area contributed by atoms with Gasteiger partial charge in [-0.15, -0.1) is 11.8 Å². The maximum atomic E-state index is 10.9. The van der Waals surface area contributed by atoms with Crippen molar-refractivity contribution in [3.63, 3.8) is 0 Å². The molecular weight excluding hydrogens is 352 g/mol. The van der Waals surface area contributed by atoms with Crippen LogP contribution >= 0.6 is 11.8 Å². The zero-order valence-corrected chi connectivity index (χ0v) is 16.3. The van der Waals surface area contributed by atoms with Crippen LogP contribution in [-0.4, -0.2) is 49.5 Å². The molecule has 0 saturated carbocycles. The van der Waals surface area contributed by atoms with E-state index < -0.39 is 0 Å². The minimum atomic E-state index is -0.370. The molecule has 0 spiro atoms. The van der Waals surface area contributed by atoms with Gasteiger partial charge in [0, 0.05) is 39.3 Å². The van der Waals surface area contributed by atoms with E-state index in [0.29, 0.717) is 24.2 Å². The van der Waals surface area contributed by atoms with Gasteiger partial charge in [0.25, 0.3) is 6.20 Å². The van der Waals surface area contributed by atoms with Crippen LogP contribution in [-0.2, 0) is 9.47 Å². The number of likely N-dealkylation sites (tertiary alicyclic amines) is 1. The van der Waals surface area contributed by atoms with E-state index in [2.05, 4.69) is 17.0 Å². The molecule has 0 radical (unpaired) electrons. The van der Waals surface area contributed by atoms with E-state index in [1.165, 1.54) is 17.3 Å². The molecule has 0 bridgehead atoms. The van der Waals surface area contributed by atoms with Crippen molar-refractivity contribution >= 4 is 11.8 Å². The molecule has 26 heavy (non-hydrogen) atoms. The minimum absolute atomic E-state index is 0.00503. The first-order valence-electron chi connectivity index (χ1n) is 8.95. The lowest BCUT2D eigenvalue weighted by Gasteiger charge is -2.38. The smallest absolute Gasteiger partial charge is 0.264 e. The summed E-state index contributed by atoms with van der Waals surface area (Å²) in [4.78, 5) is 12.7. The van der Waals surface area contributed by atoms with Gasteiger partial charge in [-0.2, -0.15) is 0 Å². The van der Waals surface area contributed by atoms with E-state index in [1.54, 1.807) is 7.11 Å². The van der Waals surface area contributed by atoms with Gasteiger partial charge in [0.2, 0.25) is 0 Å². The molecule has 1 heterocycles. The van der Waals surface area contributed by atoms with Gasteiger partial charge < -0.3 is 14.4 Å². The largest absolute Gasteiger partial charge is 0.385 e. The minimum Gasteiger partial charge on any atom is -0.385 e. The summed E-state index contributed by atoms with van der Waals surface area (Å²) >= 11 is 1.43. The maximum Gasteiger partial charge on any atom is 0.264 e. The molecule has 2 rings (SSSR count). The molecule has 0 aliphatic carbocycles. The average Bonchev–Trinajstić information content (AvgIpc) is 2.67. The van der Waals surface area contributed by atoms with Gasteiger partial charge in [0.15, 0.2) is 0 Å². The lowest BCUT2D eigenvalue weighted by molar-refractivity contribution is -0.403. The number of benzene rings is 1. The number of methoxy groups -OCH3 is 1.